The summed E-state index contributed by atoms with van der Waals surface area (Å²) in [7, 11) is 0. The summed E-state index contributed by atoms with van der Waals surface area (Å²) >= 11 is 3.31. The molecule has 0 spiro atoms. The molecule has 0 aliphatic carbocycles. The van der Waals surface area contributed by atoms with Gasteiger partial charge in [0.1, 0.15) is 11.5 Å². The summed E-state index contributed by atoms with van der Waals surface area (Å²) in [6.07, 6.45) is 0. The van der Waals surface area contributed by atoms with Gasteiger partial charge in [-0.2, -0.15) is 5.10 Å². The van der Waals surface area contributed by atoms with Gasteiger partial charge in [0.25, 0.3) is 5.91 Å². The third-order valence-corrected chi connectivity index (χ3v) is 4.47. The van der Waals surface area contributed by atoms with Crippen LogP contribution in [0.5, 0.6) is 0 Å². The topological polar surface area (TPSA) is 88.1 Å². The first kappa shape index (κ1) is 15.7. The maximum atomic E-state index is 12.8. The number of imide groups is 1. The fraction of sp³-hybridized carbons (Fsp3) is 0.333. The first-order chi connectivity index (χ1) is 10.9. The number of anilines is 1. The number of hydrogen-bond donors (Lipinski definition) is 1. The van der Waals surface area contributed by atoms with Crippen LogP contribution in [0.4, 0.5) is 5.69 Å². The molecule has 2 amide bonds. The van der Waals surface area contributed by atoms with E-state index in [0.29, 0.717) is 5.69 Å². The molecule has 120 valence electrons. The predicted octanol–water partition coefficient (Wildman–Crippen LogP) is 1.22. The Morgan fingerprint density at radius 3 is 2.65 bits per heavy atom. The first-order valence-corrected chi connectivity index (χ1v) is 7.85. The number of amides is 2. The molecule has 2 aliphatic heterocycles. The zero-order chi connectivity index (χ0) is 16.8. The Balaban J connectivity index is 1.98. The number of carbonyl (C=O) groups excluding carboxylic acids is 3. The van der Waals surface area contributed by atoms with E-state index >= 15 is 0 Å². The monoisotopic (exact) mass is 379 g/mol. The number of esters is 1. The van der Waals surface area contributed by atoms with Crippen molar-refractivity contribution in [3.05, 3.63) is 28.7 Å². The van der Waals surface area contributed by atoms with Crippen molar-refractivity contribution in [3.63, 3.8) is 0 Å². The highest BCUT2D eigenvalue weighted by molar-refractivity contribution is 9.10. The largest absolute Gasteiger partial charge is 0.461 e. The lowest BCUT2D eigenvalue weighted by atomic mass is 9.86. The fourth-order valence-electron chi connectivity index (χ4n) is 2.78. The maximum absolute atomic E-state index is 12.8. The molecule has 0 bridgehead atoms. The van der Waals surface area contributed by atoms with Gasteiger partial charge >= 0.3 is 5.97 Å². The van der Waals surface area contributed by atoms with Crippen molar-refractivity contribution in [2.45, 2.75) is 19.4 Å². The molecule has 2 heterocycles. The molecule has 23 heavy (non-hydrogen) atoms. The molecule has 1 N–H and O–H groups in total. The van der Waals surface area contributed by atoms with Crippen molar-refractivity contribution in [2.24, 2.45) is 11.0 Å². The molecule has 1 fully saturated rings. The predicted molar refractivity (Wildman–Crippen MR) is 85.7 cm³/mol. The van der Waals surface area contributed by atoms with Gasteiger partial charge in [-0.3, -0.25) is 15.0 Å². The van der Waals surface area contributed by atoms with Crippen molar-refractivity contribution < 1.29 is 19.1 Å². The summed E-state index contributed by atoms with van der Waals surface area (Å²) in [4.78, 5) is 38.6. The third kappa shape index (κ3) is 2.24. The molecule has 1 aromatic rings. The normalized spacial score (nSPS) is 26.0. The SMILES string of the molecule is CCOC(=O)C1=NN[C@@]2(C)C(=O)N(c3ccc(Br)cc3)C(=O)[C@H]12. The van der Waals surface area contributed by atoms with Crippen LogP contribution in [0.2, 0.25) is 0 Å². The molecule has 1 aromatic carbocycles. The van der Waals surface area contributed by atoms with Crippen LogP contribution in [-0.2, 0) is 19.1 Å². The summed E-state index contributed by atoms with van der Waals surface area (Å²) < 4.78 is 5.75. The molecular weight excluding hydrogens is 366 g/mol. The lowest BCUT2D eigenvalue weighted by Crippen LogP contribution is -2.48. The van der Waals surface area contributed by atoms with Gasteiger partial charge in [0.15, 0.2) is 5.71 Å². The highest BCUT2D eigenvalue weighted by Gasteiger charge is 2.63. The van der Waals surface area contributed by atoms with Crippen LogP contribution in [0.1, 0.15) is 13.8 Å². The van der Waals surface area contributed by atoms with E-state index in [9.17, 15) is 14.4 Å². The summed E-state index contributed by atoms with van der Waals surface area (Å²) in [5, 5.41) is 3.87. The number of nitrogens with one attached hydrogen (secondary N) is 1. The molecule has 2 aliphatic rings. The minimum atomic E-state index is -1.27. The Bertz CT molecular complexity index is 731. The highest BCUT2D eigenvalue weighted by Crippen LogP contribution is 2.38. The van der Waals surface area contributed by atoms with Crippen LogP contribution in [0.3, 0.4) is 0 Å². The number of halogens is 1. The molecule has 2 atom stereocenters. The van der Waals surface area contributed by atoms with Gasteiger partial charge in [-0.05, 0) is 38.1 Å². The van der Waals surface area contributed by atoms with E-state index < -0.39 is 29.2 Å². The number of hydrogen-bond acceptors (Lipinski definition) is 6. The van der Waals surface area contributed by atoms with Crippen LogP contribution >= 0.6 is 15.9 Å². The smallest absolute Gasteiger partial charge is 0.355 e. The van der Waals surface area contributed by atoms with Gasteiger partial charge in [0.05, 0.1) is 12.3 Å². The summed E-state index contributed by atoms with van der Waals surface area (Å²) in [6.45, 7) is 3.39. The lowest BCUT2D eigenvalue weighted by molar-refractivity contribution is -0.136. The van der Waals surface area contributed by atoms with Crippen molar-refractivity contribution in [2.75, 3.05) is 11.5 Å². The Morgan fingerprint density at radius 1 is 1.39 bits per heavy atom. The second-order valence-corrected chi connectivity index (χ2v) is 6.34. The molecule has 7 nitrogen and oxygen atoms in total. The van der Waals surface area contributed by atoms with Crippen LogP contribution < -0.4 is 10.3 Å². The molecule has 8 heteroatoms. The molecule has 3 rings (SSSR count). The van der Waals surface area contributed by atoms with E-state index in [2.05, 4.69) is 26.5 Å². The molecule has 0 aromatic heterocycles. The zero-order valence-electron chi connectivity index (χ0n) is 12.5. The van der Waals surface area contributed by atoms with E-state index in [4.69, 9.17) is 4.74 Å². The summed E-state index contributed by atoms with van der Waals surface area (Å²) in [6, 6.07) is 6.79. The Labute approximate surface area is 140 Å². The van der Waals surface area contributed by atoms with Crippen molar-refractivity contribution >= 4 is 45.1 Å². The van der Waals surface area contributed by atoms with E-state index in [1.165, 1.54) is 0 Å². The zero-order valence-corrected chi connectivity index (χ0v) is 14.1. The quantitative estimate of drug-likeness (QED) is 0.629. The average Bonchev–Trinajstić information content (AvgIpc) is 2.96. The second-order valence-electron chi connectivity index (χ2n) is 5.42. The van der Waals surface area contributed by atoms with E-state index in [-0.39, 0.29) is 12.3 Å². The van der Waals surface area contributed by atoms with Crippen molar-refractivity contribution in [1.82, 2.24) is 5.43 Å². The number of nitrogens with zero attached hydrogens (tertiary/aromatic N) is 2. The fourth-order valence-corrected chi connectivity index (χ4v) is 3.04. The van der Waals surface area contributed by atoms with Gasteiger partial charge in [-0.15, -0.1) is 0 Å². The minimum Gasteiger partial charge on any atom is -0.461 e. The molecule has 1 saturated heterocycles. The van der Waals surface area contributed by atoms with E-state index in [0.717, 1.165) is 9.37 Å². The van der Waals surface area contributed by atoms with Gasteiger partial charge in [0, 0.05) is 4.47 Å². The summed E-state index contributed by atoms with van der Waals surface area (Å²) in [5.41, 5.74) is 1.76. The number of fused-ring (bicyclic) bond motifs is 1. The van der Waals surface area contributed by atoms with E-state index in [1.54, 1.807) is 38.1 Å². The standard InChI is InChI=1S/C15H14BrN3O4/c1-3-23-13(21)11-10-12(20)19(9-6-4-8(16)5-7-9)14(22)15(10,2)18-17-11/h4-7,10,18H,3H2,1-2H3/t10-,15+/m0/s1. The number of hydrazone groups is 1. The lowest BCUT2D eigenvalue weighted by Gasteiger charge is -2.20. The highest BCUT2D eigenvalue weighted by atomic mass is 79.9. The number of rotatable bonds is 3. The third-order valence-electron chi connectivity index (χ3n) is 3.94. The van der Waals surface area contributed by atoms with Crippen LogP contribution in [0.15, 0.2) is 33.8 Å². The average molecular weight is 380 g/mol. The van der Waals surface area contributed by atoms with Crippen molar-refractivity contribution in [3.8, 4) is 0 Å². The summed E-state index contributed by atoms with van der Waals surface area (Å²) in [5.74, 6) is -2.61. The Morgan fingerprint density at radius 2 is 2.04 bits per heavy atom. The second kappa shape index (κ2) is 5.45. The molecular formula is C15H14BrN3O4. The van der Waals surface area contributed by atoms with Crippen LogP contribution in [0.25, 0.3) is 0 Å². The maximum Gasteiger partial charge on any atom is 0.355 e. The first-order valence-electron chi connectivity index (χ1n) is 7.06. The number of benzene rings is 1. The van der Waals surface area contributed by atoms with Crippen LogP contribution in [-0.4, -0.2) is 35.6 Å². The van der Waals surface area contributed by atoms with Crippen molar-refractivity contribution in [1.29, 1.82) is 0 Å². The molecule has 0 saturated carbocycles. The Hall–Kier alpha value is -2.22. The molecule has 0 unspecified atom stereocenters. The van der Waals surface area contributed by atoms with Crippen LogP contribution in [0, 0.1) is 5.92 Å². The minimum absolute atomic E-state index is 0.0627. The van der Waals surface area contributed by atoms with E-state index in [1.807, 2.05) is 0 Å². The number of carbonyl (C=O) groups is 3. The van der Waals surface area contributed by atoms with Gasteiger partial charge in [-0.1, -0.05) is 15.9 Å². The Kier molecular flexibility index (Phi) is 3.71. The van der Waals surface area contributed by atoms with Gasteiger partial charge in [-0.25, -0.2) is 9.69 Å². The van der Waals surface area contributed by atoms with Gasteiger partial charge in [0.2, 0.25) is 5.91 Å². The molecule has 0 radical (unpaired) electrons. The number of ether oxygens (including phenoxy) is 1. The van der Waals surface area contributed by atoms with Gasteiger partial charge < -0.3 is 4.74 Å².